The van der Waals surface area contributed by atoms with Gasteiger partial charge in [-0.3, -0.25) is 9.67 Å². The Morgan fingerprint density at radius 3 is 2.89 bits per heavy atom. The highest BCUT2D eigenvalue weighted by Crippen LogP contribution is 2.24. The molecule has 0 saturated heterocycles. The number of rotatable bonds is 6. The molecule has 0 spiro atoms. The monoisotopic (exact) mass is 278 g/mol. The van der Waals surface area contributed by atoms with Crippen LogP contribution in [0.5, 0.6) is 0 Å². The maximum atomic E-state index is 6.25. The lowest BCUT2D eigenvalue weighted by atomic mass is 10.0. The van der Waals surface area contributed by atoms with Gasteiger partial charge in [-0.25, -0.2) is 0 Å². The summed E-state index contributed by atoms with van der Waals surface area (Å²) in [5, 5.41) is 8.45. The summed E-state index contributed by atoms with van der Waals surface area (Å²) >= 11 is 6.25. The first-order valence-electron chi connectivity index (χ1n) is 6.51. The van der Waals surface area contributed by atoms with Crippen molar-refractivity contribution in [1.82, 2.24) is 20.1 Å². The lowest BCUT2D eigenvalue weighted by Gasteiger charge is -2.19. The van der Waals surface area contributed by atoms with E-state index in [1.165, 1.54) is 5.56 Å². The maximum Gasteiger partial charge on any atom is 0.0637 e. The third kappa shape index (κ3) is 3.78. The average Bonchev–Trinajstić information content (AvgIpc) is 2.81. The predicted octanol–water partition coefficient (Wildman–Crippen LogP) is 2.75. The van der Waals surface area contributed by atoms with E-state index in [1.807, 2.05) is 30.2 Å². The molecule has 2 rings (SSSR count). The number of nitrogens with one attached hydrogen (secondary N) is 1. The standard InChI is InChI=1S/C14H19ClN4/c1-3-5-17-14(7-11-8-18-19(2)10-11)12-4-6-16-9-13(12)15/h4,6,8-10,14,17H,3,5,7H2,1-2H3. The minimum atomic E-state index is 0.194. The van der Waals surface area contributed by atoms with Gasteiger partial charge in [0.25, 0.3) is 0 Å². The summed E-state index contributed by atoms with van der Waals surface area (Å²) in [5.74, 6) is 0. The number of nitrogens with zero attached hydrogens (tertiary/aromatic N) is 3. The fourth-order valence-electron chi connectivity index (χ4n) is 2.09. The van der Waals surface area contributed by atoms with Gasteiger partial charge in [-0.15, -0.1) is 0 Å². The van der Waals surface area contributed by atoms with Crippen LogP contribution < -0.4 is 5.32 Å². The van der Waals surface area contributed by atoms with Crippen molar-refractivity contribution in [3.63, 3.8) is 0 Å². The highest BCUT2D eigenvalue weighted by atomic mass is 35.5. The highest BCUT2D eigenvalue weighted by molar-refractivity contribution is 6.31. The molecule has 0 saturated carbocycles. The molecule has 1 N–H and O–H groups in total. The second-order valence-corrected chi connectivity index (χ2v) is 5.04. The summed E-state index contributed by atoms with van der Waals surface area (Å²) in [5.41, 5.74) is 2.29. The third-order valence-electron chi connectivity index (χ3n) is 3.02. The molecule has 0 aliphatic rings. The molecule has 0 aromatic carbocycles. The van der Waals surface area contributed by atoms with Crippen molar-refractivity contribution in [1.29, 1.82) is 0 Å². The van der Waals surface area contributed by atoms with Crippen LogP contribution in [0, 0.1) is 0 Å². The van der Waals surface area contributed by atoms with Crippen molar-refractivity contribution in [2.45, 2.75) is 25.8 Å². The normalized spacial score (nSPS) is 12.6. The van der Waals surface area contributed by atoms with E-state index in [1.54, 1.807) is 12.4 Å². The van der Waals surface area contributed by atoms with Crippen molar-refractivity contribution in [2.75, 3.05) is 6.54 Å². The highest BCUT2D eigenvalue weighted by Gasteiger charge is 2.15. The Kier molecular flexibility index (Phi) is 4.93. The first kappa shape index (κ1) is 14.0. The van der Waals surface area contributed by atoms with Gasteiger partial charge in [0.15, 0.2) is 0 Å². The van der Waals surface area contributed by atoms with E-state index in [0.29, 0.717) is 5.02 Å². The Labute approximate surface area is 118 Å². The van der Waals surface area contributed by atoms with Crippen LogP contribution in [0.2, 0.25) is 5.02 Å². The van der Waals surface area contributed by atoms with Gasteiger partial charge in [0.2, 0.25) is 0 Å². The van der Waals surface area contributed by atoms with Gasteiger partial charge in [-0.2, -0.15) is 5.10 Å². The Bertz CT molecular complexity index is 524. The molecule has 1 atom stereocenters. The Hall–Kier alpha value is -1.39. The quantitative estimate of drug-likeness (QED) is 0.883. The second-order valence-electron chi connectivity index (χ2n) is 4.63. The molecule has 4 nitrogen and oxygen atoms in total. The second kappa shape index (κ2) is 6.68. The summed E-state index contributed by atoms with van der Waals surface area (Å²) in [6.07, 6.45) is 9.38. The van der Waals surface area contributed by atoms with Crippen molar-refractivity contribution in [2.24, 2.45) is 7.05 Å². The lowest BCUT2D eigenvalue weighted by molar-refractivity contribution is 0.529. The average molecular weight is 279 g/mol. The van der Waals surface area contributed by atoms with Gasteiger partial charge in [0, 0.05) is 31.7 Å². The van der Waals surface area contributed by atoms with Gasteiger partial charge in [-0.05, 0) is 36.6 Å². The SMILES string of the molecule is CCCNC(Cc1cnn(C)c1)c1ccncc1Cl. The van der Waals surface area contributed by atoms with E-state index in [-0.39, 0.29) is 6.04 Å². The van der Waals surface area contributed by atoms with E-state index >= 15 is 0 Å². The van der Waals surface area contributed by atoms with Crippen molar-refractivity contribution in [3.05, 3.63) is 47.0 Å². The molecule has 5 heteroatoms. The lowest BCUT2D eigenvalue weighted by Crippen LogP contribution is -2.24. The fourth-order valence-corrected chi connectivity index (χ4v) is 2.34. The van der Waals surface area contributed by atoms with Crippen LogP contribution in [0.4, 0.5) is 0 Å². The number of aryl methyl sites for hydroxylation is 1. The van der Waals surface area contributed by atoms with E-state index in [4.69, 9.17) is 11.6 Å². The molecule has 0 aliphatic carbocycles. The Morgan fingerprint density at radius 2 is 2.26 bits per heavy atom. The van der Waals surface area contributed by atoms with Gasteiger partial charge in [0.05, 0.1) is 11.2 Å². The summed E-state index contributed by atoms with van der Waals surface area (Å²) in [6, 6.07) is 2.17. The molecular weight excluding hydrogens is 260 g/mol. The first-order valence-corrected chi connectivity index (χ1v) is 6.88. The molecule has 19 heavy (non-hydrogen) atoms. The number of hydrogen-bond donors (Lipinski definition) is 1. The Morgan fingerprint density at radius 1 is 1.42 bits per heavy atom. The van der Waals surface area contributed by atoms with E-state index in [0.717, 1.165) is 24.9 Å². The number of hydrogen-bond acceptors (Lipinski definition) is 3. The Balaban J connectivity index is 2.18. The zero-order valence-corrected chi connectivity index (χ0v) is 12.1. The van der Waals surface area contributed by atoms with Crippen LogP contribution in [0.25, 0.3) is 0 Å². The minimum absolute atomic E-state index is 0.194. The predicted molar refractivity (Wildman–Crippen MR) is 77.2 cm³/mol. The largest absolute Gasteiger partial charge is 0.310 e. The zero-order chi connectivity index (χ0) is 13.7. The van der Waals surface area contributed by atoms with Gasteiger partial charge < -0.3 is 5.32 Å². The van der Waals surface area contributed by atoms with Gasteiger partial charge in [-0.1, -0.05) is 18.5 Å². The van der Waals surface area contributed by atoms with Crippen molar-refractivity contribution in [3.8, 4) is 0 Å². The molecule has 0 bridgehead atoms. The molecule has 1 unspecified atom stereocenters. The minimum Gasteiger partial charge on any atom is -0.310 e. The summed E-state index contributed by atoms with van der Waals surface area (Å²) in [6.45, 7) is 3.12. The molecule has 102 valence electrons. The van der Waals surface area contributed by atoms with Crippen LogP contribution in [0.1, 0.15) is 30.5 Å². The molecule has 2 aromatic rings. The van der Waals surface area contributed by atoms with Crippen LogP contribution in [-0.2, 0) is 13.5 Å². The number of halogens is 1. The van der Waals surface area contributed by atoms with Gasteiger partial charge in [0.1, 0.15) is 0 Å². The smallest absolute Gasteiger partial charge is 0.0637 e. The molecule has 0 fully saturated rings. The summed E-state index contributed by atoms with van der Waals surface area (Å²) < 4.78 is 1.82. The first-order chi connectivity index (χ1) is 9.20. The number of pyridine rings is 1. The third-order valence-corrected chi connectivity index (χ3v) is 3.33. The summed E-state index contributed by atoms with van der Waals surface area (Å²) in [7, 11) is 1.93. The van der Waals surface area contributed by atoms with Gasteiger partial charge >= 0.3 is 0 Å². The molecule has 0 aliphatic heterocycles. The molecule has 0 radical (unpaired) electrons. The molecule has 0 amide bonds. The van der Waals surface area contributed by atoms with Crippen molar-refractivity contribution >= 4 is 11.6 Å². The zero-order valence-electron chi connectivity index (χ0n) is 11.3. The molecule has 2 heterocycles. The van der Waals surface area contributed by atoms with Crippen LogP contribution in [-0.4, -0.2) is 21.3 Å². The van der Waals surface area contributed by atoms with E-state index in [2.05, 4.69) is 22.3 Å². The molecular formula is C14H19ClN4. The van der Waals surface area contributed by atoms with Crippen LogP contribution in [0.15, 0.2) is 30.9 Å². The fraction of sp³-hybridized carbons (Fsp3) is 0.429. The molecule has 2 aromatic heterocycles. The number of aromatic nitrogens is 3. The summed E-state index contributed by atoms with van der Waals surface area (Å²) in [4.78, 5) is 4.04. The topological polar surface area (TPSA) is 42.7 Å². The maximum absolute atomic E-state index is 6.25. The van der Waals surface area contributed by atoms with Crippen molar-refractivity contribution < 1.29 is 0 Å². The van der Waals surface area contributed by atoms with E-state index in [9.17, 15) is 0 Å². The van der Waals surface area contributed by atoms with E-state index < -0.39 is 0 Å². The van der Waals surface area contributed by atoms with Crippen LogP contribution in [0.3, 0.4) is 0 Å². The van der Waals surface area contributed by atoms with Crippen LogP contribution >= 0.6 is 11.6 Å².